The zero-order valence-corrected chi connectivity index (χ0v) is 12.1. The monoisotopic (exact) mass is 279 g/mol. The third kappa shape index (κ3) is 1.95. The highest BCUT2D eigenvalue weighted by Crippen LogP contribution is 2.36. The van der Waals surface area contributed by atoms with E-state index in [0.717, 1.165) is 11.0 Å². The molecule has 1 aliphatic rings. The van der Waals surface area contributed by atoms with Crippen molar-refractivity contribution in [3.8, 4) is 0 Å². The van der Waals surface area contributed by atoms with Gasteiger partial charge >= 0.3 is 7.12 Å². The number of halogens is 1. The van der Waals surface area contributed by atoms with E-state index in [9.17, 15) is 0 Å². The van der Waals surface area contributed by atoms with E-state index in [1.807, 2.05) is 40.0 Å². The molecule has 0 spiro atoms. The van der Waals surface area contributed by atoms with Crippen LogP contribution in [0.4, 0.5) is 0 Å². The minimum atomic E-state index is -0.414. The molecule has 0 amide bonds. The lowest BCUT2D eigenvalue weighted by atomic mass is 9.81. The summed E-state index contributed by atoms with van der Waals surface area (Å²) in [4.78, 5) is 3.96. The van der Waals surface area contributed by atoms with Crippen LogP contribution in [0.15, 0.2) is 18.6 Å². The molecule has 1 aliphatic heterocycles. The summed E-state index contributed by atoms with van der Waals surface area (Å²) in [6.45, 7) is 8.09. The van der Waals surface area contributed by atoms with Gasteiger partial charge in [0.25, 0.3) is 0 Å². The van der Waals surface area contributed by atoms with Crippen molar-refractivity contribution in [1.82, 2.24) is 14.6 Å². The van der Waals surface area contributed by atoms with E-state index in [0.29, 0.717) is 5.15 Å². The van der Waals surface area contributed by atoms with Crippen LogP contribution >= 0.6 is 11.6 Å². The second-order valence-corrected chi connectivity index (χ2v) is 6.10. The number of fused-ring (bicyclic) bond motifs is 1. The second kappa shape index (κ2) is 3.94. The predicted molar refractivity (Wildman–Crippen MR) is 73.7 cm³/mol. The summed E-state index contributed by atoms with van der Waals surface area (Å²) < 4.78 is 13.7. The Bertz CT molecular complexity index is 625. The molecule has 19 heavy (non-hydrogen) atoms. The Morgan fingerprint density at radius 3 is 2.42 bits per heavy atom. The van der Waals surface area contributed by atoms with Crippen LogP contribution in [0, 0.1) is 0 Å². The maximum atomic E-state index is 6.04. The standard InChI is InChI=1S/C12H15BClN3O2/c1-11(2)12(3,4)19-13(18-11)8-5-9-10(14)15-7-16-17(9)6-8/h5-7H,1-4H3. The molecule has 0 unspecified atom stereocenters. The van der Waals surface area contributed by atoms with Crippen molar-refractivity contribution in [2.45, 2.75) is 38.9 Å². The van der Waals surface area contributed by atoms with Crippen LogP contribution in [0.5, 0.6) is 0 Å². The summed E-state index contributed by atoms with van der Waals surface area (Å²) in [5.41, 5.74) is 0.914. The molecule has 0 N–H and O–H groups in total. The first-order valence-corrected chi connectivity index (χ1v) is 6.52. The molecule has 2 aromatic rings. The molecule has 0 saturated carbocycles. The van der Waals surface area contributed by atoms with Crippen molar-refractivity contribution in [1.29, 1.82) is 0 Å². The van der Waals surface area contributed by atoms with Gasteiger partial charge < -0.3 is 9.31 Å². The van der Waals surface area contributed by atoms with Crippen molar-refractivity contribution < 1.29 is 9.31 Å². The van der Waals surface area contributed by atoms with Gasteiger partial charge in [0.1, 0.15) is 11.8 Å². The van der Waals surface area contributed by atoms with Gasteiger partial charge in [-0.25, -0.2) is 9.50 Å². The van der Waals surface area contributed by atoms with E-state index in [1.54, 1.807) is 4.52 Å². The molecule has 100 valence electrons. The molecule has 3 rings (SSSR count). The van der Waals surface area contributed by atoms with E-state index in [2.05, 4.69) is 10.1 Å². The fraction of sp³-hybridized carbons (Fsp3) is 0.500. The predicted octanol–water partition coefficient (Wildman–Crippen LogP) is 1.68. The summed E-state index contributed by atoms with van der Waals surface area (Å²) in [5, 5.41) is 4.53. The summed E-state index contributed by atoms with van der Waals surface area (Å²) >= 11 is 6.04. The van der Waals surface area contributed by atoms with Gasteiger partial charge in [-0.3, -0.25) is 0 Å². The molecule has 2 aromatic heterocycles. The average Bonchev–Trinajstić information content (AvgIpc) is 2.80. The Morgan fingerprint density at radius 2 is 1.84 bits per heavy atom. The maximum absolute atomic E-state index is 6.04. The van der Waals surface area contributed by atoms with E-state index < -0.39 is 7.12 Å². The van der Waals surface area contributed by atoms with Gasteiger partial charge in [0.15, 0.2) is 5.15 Å². The largest absolute Gasteiger partial charge is 0.496 e. The third-order valence-electron chi connectivity index (χ3n) is 3.91. The summed E-state index contributed by atoms with van der Waals surface area (Å²) in [6.07, 6.45) is 3.27. The van der Waals surface area contributed by atoms with Crippen molar-refractivity contribution in [3.63, 3.8) is 0 Å². The van der Waals surface area contributed by atoms with Gasteiger partial charge in [0.05, 0.1) is 11.2 Å². The van der Waals surface area contributed by atoms with E-state index in [-0.39, 0.29) is 11.2 Å². The van der Waals surface area contributed by atoms with Crippen molar-refractivity contribution >= 4 is 29.7 Å². The molecule has 0 radical (unpaired) electrons. The van der Waals surface area contributed by atoms with Crippen LogP contribution in [0.25, 0.3) is 5.52 Å². The summed E-state index contributed by atoms with van der Waals surface area (Å²) in [6, 6.07) is 1.89. The Kier molecular flexibility index (Phi) is 2.68. The molecule has 0 aromatic carbocycles. The van der Waals surface area contributed by atoms with E-state index in [1.165, 1.54) is 6.33 Å². The second-order valence-electron chi connectivity index (χ2n) is 5.74. The zero-order valence-electron chi connectivity index (χ0n) is 11.3. The summed E-state index contributed by atoms with van der Waals surface area (Å²) in [5.74, 6) is 0. The normalized spacial score (nSPS) is 21.2. The molecule has 0 atom stereocenters. The number of rotatable bonds is 1. The Labute approximate surface area is 117 Å². The van der Waals surface area contributed by atoms with Gasteiger partial charge in [-0.1, -0.05) is 11.6 Å². The molecular formula is C12H15BClN3O2. The minimum absolute atomic E-state index is 0.360. The number of nitrogens with zero attached hydrogens (tertiary/aromatic N) is 3. The molecule has 0 aliphatic carbocycles. The van der Waals surface area contributed by atoms with Crippen LogP contribution in [-0.4, -0.2) is 32.9 Å². The minimum Gasteiger partial charge on any atom is -0.399 e. The number of aromatic nitrogens is 3. The van der Waals surface area contributed by atoms with Crippen molar-refractivity contribution in [2.75, 3.05) is 0 Å². The topological polar surface area (TPSA) is 48.7 Å². The van der Waals surface area contributed by atoms with Gasteiger partial charge in [-0.05, 0) is 33.8 Å². The molecule has 0 bridgehead atoms. The van der Waals surface area contributed by atoms with Crippen molar-refractivity contribution in [3.05, 3.63) is 23.7 Å². The molecule has 1 saturated heterocycles. The SMILES string of the molecule is CC1(C)OB(c2cc3c(Cl)ncnn3c2)OC1(C)C. The highest BCUT2D eigenvalue weighted by Gasteiger charge is 2.52. The molecule has 7 heteroatoms. The molecule has 3 heterocycles. The fourth-order valence-corrected chi connectivity index (χ4v) is 2.21. The van der Waals surface area contributed by atoms with Gasteiger partial charge in [-0.15, -0.1) is 0 Å². The molecule has 5 nitrogen and oxygen atoms in total. The maximum Gasteiger partial charge on any atom is 0.496 e. The zero-order chi connectivity index (χ0) is 13.8. The highest BCUT2D eigenvalue weighted by atomic mass is 35.5. The third-order valence-corrected chi connectivity index (χ3v) is 4.20. The van der Waals surface area contributed by atoms with Crippen molar-refractivity contribution in [2.24, 2.45) is 0 Å². The van der Waals surface area contributed by atoms with Crippen LogP contribution in [0.3, 0.4) is 0 Å². The van der Waals surface area contributed by atoms with Crippen LogP contribution in [0.1, 0.15) is 27.7 Å². The molecular weight excluding hydrogens is 264 g/mol. The lowest BCUT2D eigenvalue weighted by Gasteiger charge is -2.32. The van der Waals surface area contributed by atoms with Crippen LogP contribution < -0.4 is 5.46 Å². The first kappa shape index (κ1) is 12.9. The van der Waals surface area contributed by atoms with E-state index in [4.69, 9.17) is 20.9 Å². The number of hydrogen-bond donors (Lipinski definition) is 0. The Balaban J connectivity index is 2.01. The Morgan fingerprint density at radius 1 is 1.21 bits per heavy atom. The number of hydrogen-bond acceptors (Lipinski definition) is 4. The summed E-state index contributed by atoms with van der Waals surface area (Å²) in [7, 11) is -0.414. The lowest BCUT2D eigenvalue weighted by Crippen LogP contribution is -2.41. The highest BCUT2D eigenvalue weighted by molar-refractivity contribution is 6.62. The smallest absolute Gasteiger partial charge is 0.399 e. The first-order valence-electron chi connectivity index (χ1n) is 6.15. The van der Waals surface area contributed by atoms with E-state index >= 15 is 0 Å². The lowest BCUT2D eigenvalue weighted by molar-refractivity contribution is 0.00578. The van der Waals surface area contributed by atoms with Crippen LogP contribution in [-0.2, 0) is 9.31 Å². The fourth-order valence-electron chi connectivity index (χ4n) is 2.03. The quantitative estimate of drug-likeness (QED) is 0.745. The Hall–Kier alpha value is -1.11. The van der Waals surface area contributed by atoms with Gasteiger partial charge in [0.2, 0.25) is 0 Å². The van der Waals surface area contributed by atoms with Gasteiger partial charge in [0, 0.05) is 11.7 Å². The molecule has 1 fully saturated rings. The first-order chi connectivity index (χ1) is 8.80. The van der Waals surface area contributed by atoms with Crippen LogP contribution in [0.2, 0.25) is 5.15 Å². The average molecular weight is 280 g/mol. The van der Waals surface area contributed by atoms with Gasteiger partial charge in [-0.2, -0.15) is 5.10 Å².